The minimum absolute atomic E-state index is 0. The number of nitrogens with zero attached hydrogens (tertiary/aromatic N) is 4. The van der Waals surface area contributed by atoms with Crippen LogP contribution in [-0.2, 0) is 16.6 Å². The molecule has 1 atom stereocenters. The van der Waals surface area contributed by atoms with E-state index in [2.05, 4.69) is 19.9 Å². The van der Waals surface area contributed by atoms with Gasteiger partial charge in [-0.3, -0.25) is 9.19 Å². The van der Waals surface area contributed by atoms with Crippen LogP contribution < -0.4 is 44.0 Å². The zero-order valence-corrected chi connectivity index (χ0v) is 17.7. The Kier molecular flexibility index (Phi) is 6.56. The van der Waals surface area contributed by atoms with Crippen LogP contribution in [0.15, 0.2) is 23.5 Å². The van der Waals surface area contributed by atoms with Crippen molar-refractivity contribution < 1.29 is 43.2 Å². The zero-order chi connectivity index (χ0) is 17.3. The fraction of sp³-hybridized carbons (Fsp3) is 0.312. The largest absolute Gasteiger partial charge is 1.00 e. The van der Waals surface area contributed by atoms with Gasteiger partial charge in [0.05, 0.1) is 42.1 Å². The predicted molar refractivity (Wildman–Crippen MR) is 89.8 cm³/mol. The van der Waals surface area contributed by atoms with Crippen molar-refractivity contribution in [2.45, 2.75) is 24.8 Å². The van der Waals surface area contributed by atoms with Crippen molar-refractivity contribution in [3.05, 3.63) is 35.2 Å². The van der Waals surface area contributed by atoms with Crippen molar-refractivity contribution in [3.63, 3.8) is 0 Å². The molecule has 0 N–H and O–H groups in total. The molecule has 3 aromatic heterocycles. The molecule has 126 valence electrons. The summed E-state index contributed by atoms with van der Waals surface area (Å²) in [6, 6.07) is 3.44. The molecule has 0 aromatic carbocycles. The van der Waals surface area contributed by atoms with Gasteiger partial charge in [0.1, 0.15) is 5.75 Å². The average molecular weight is 368 g/mol. The molecule has 0 aliphatic heterocycles. The molecule has 0 fully saturated rings. The van der Waals surface area contributed by atoms with Gasteiger partial charge in [0.25, 0.3) is 0 Å². The SMILES string of the molecule is COc1ccc2[n-]c([S@@](=O)Cc3ncc(C)c(OC)c3C)nc2n1.[Na+]. The zero-order valence-electron chi connectivity index (χ0n) is 14.9. The number of aryl methyl sites for hydroxylation is 1. The summed E-state index contributed by atoms with van der Waals surface area (Å²) < 4.78 is 23.1. The first kappa shape index (κ1) is 19.8. The number of methoxy groups -OCH3 is 2. The summed E-state index contributed by atoms with van der Waals surface area (Å²) in [5, 5.41) is 0.242. The van der Waals surface area contributed by atoms with Crippen LogP contribution in [0.1, 0.15) is 16.8 Å². The van der Waals surface area contributed by atoms with Gasteiger partial charge in [-0.2, -0.15) is 0 Å². The summed E-state index contributed by atoms with van der Waals surface area (Å²) in [6.45, 7) is 3.83. The third-order valence-electron chi connectivity index (χ3n) is 3.68. The van der Waals surface area contributed by atoms with Crippen molar-refractivity contribution in [2.75, 3.05) is 14.2 Å². The molecule has 0 spiro atoms. The number of hydrogen-bond acceptors (Lipinski definition) is 6. The Labute approximate surface area is 170 Å². The smallest absolute Gasteiger partial charge is 0.496 e. The summed E-state index contributed by atoms with van der Waals surface area (Å²) in [5.41, 5.74) is 3.53. The van der Waals surface area contributed by atoms with E-state index in [1.807, 2.05) is 13.8 Å². The van der Waals surface area contributed by atoms with E-state index in [9.17, 15) is 4.21 Å². The van der Waals surface area contributed by atoms with Crippen LogP contribution in [-0.4, -0.2) is 33.4 Å². The summed E-state index contributed by atoms with van der Waals surface area (Å²) in [6.07, 6.45) is 1.72. The van der Waals surface area contributed by atoms with Crippen molar-refractivity contribution >= 4 is 22.0 Å². The molecule has 25 heavy (non-hydrogen) atoms. The Morgan fingerprint density at radius 2 is 1.92 bits per heavy atom. The first-order valence-electron chi connectivity index (χ1n) is 7.26. The van der Waals surface area contributed by atoms with Crippen LogP contribution in [0.5, 0.6) is 11.6 Å². The van der Waals surface area contributed by atoms with Gasteiger partial charge in [-0.15, -0.1) is 0 Å². The number of pyridine rings is 2. The molecular formula is C16H17N4NaO3S. The van der Waals surface area contributed by atoms with Gasteiger partial charge < -0.3 is 19.4 Å². The van der Waals surface area contributed by atoms with Crippen molar-refractivity contribution in [3.8, 4) is 11.6 Å². The normalized spacial score (nSPS) is 11.8. The van der Waals surface area contributed by atoms with Crippen LogP contribution in [0.25, 0.3) is 11.2 Å². The molecule has 3 rings (SSSR count). The van der Waals surface area contributed by atoms with E-state index in [1.54, 1.807) is 25.4 Å². The van der Waals surface area contributed by atoms with Gasteiger partial charge in [-0.1, -0.05) is 6.07 Å². The number of hydrogen-bond donors (Lipinski definition) is 0. The minimum atomic E-state index is -1.42. The van der Waals surface area contributed by atoms with E-state index >= 15 is 0 Å². The maximum Gasteiger partial charge on any atom is 1.00 e. The molecule has 3 aromatic rings. The Hall–Kier alpha value is -1.48. The van der Waals surface area contributed by atoms with Gasteiger partial charge in [-0.25, -0.2) is 4.98 Å². The molecule has 0 unspecified atom stereocenters. The molecule has 0 saturated heterocycles. The fourth-order valence-electron chi connectivity index (χ4n) is 2.43. The van der Waals surface area contributed by atoms with Gasteiger partial charge >= 0.3 is 29.6 Å². The van der Waals surface area contributed by atoms with Crippen molar-refractivity contribution in [1.82, 2.24) is 19.9 Å². The van der Waals surface area contributed by atoms with Crippen LogP contribution in [0.4, 0.5) is 0 Å². The van der Waals surface area contributed by atoms with Gasteiger partial charge in [0.2, 0.25) is 5.88 Å². The molecule has 0 aliphatic rings. The Morgan fingerprint density at radius 1 is 1.16 bits per heavy atom. The van der Waals surface area contributed by atoms with E-state index < -0.39 is 10.8 Å². The van der Waals surface area contributed by atoms with Crippen LogP contribution >= 0.6 is 0 Å². The summed E-state index contributed by atoms with van der Waals surface area (Å²) in [4.78, 5) is 17.1. The number of imidazole rings is 1. The number of rotatable bonds is 5. The van der Waals surface area contributed by atoms with Crippen molar-refractivity contribution in [1.29, 1.82) is 0 Å². The molecule has 0 radical (unpaired) electrons. The maximum atomic E-state index is 12.6. The maximum absolute atomic E-state index is 12.6. The van der Waals surface area contributed by atoms with Crippen LogP contribution in [0.3, 0.4) is 0 Å². The third kappa shape index (κ3) is 4.03. The van der Waals surface area contributed by atoms with Gasteiger partial charge in [-0.05, 0) is 19.4 Å². The van der Waals surface area contributed by atoms with E-state index in [0.29, 0.717) is 22.7 Å². The standard InChI is InChI=1S/C16H17N4O3S.Na/c1-9-7-17-12(10(2)14(9)23-4)8-24(21)16-18-11-5-6-13(22-3)19-15(11)20-16;/h5-7H,8H2,1-4H3;/q-1;+1/t24-;/m0./s1. The molecule has 0 bridgehead atoms. The molecule has 9 heteroatoms. The summed E-state index contributed by atoms with van der Waals surface area (Å²) in [7, 11) is 1.72. The summed E-state index contributed by atoms with van der Waals surface area (Å²) in [5.74, 6) is 1.42. The second-order valence-corrected chi connectivity index (χ2v) is 6.58. The number of ether oxygens (including phenoxy) is 2. The number of fused-ring (bicyclic) bond motifs is 1. The van der Waals surface area contributed by atoms with E-state index in [4.69, 9.17) is 9.47 Å². The average Bonchev–Trinajstić information content (AvgIpc) is 3.01. The Bertz CT molecular complexity index is 929. The number of aromatic nitrogens is 4. The van der Waals surface area contributed by atoms with Crippen molar-refractivity contribution in [2.24, 2.45) is 0 Å². The molecule has 0 saturated carbocycles. The van der Waals surface area contributed by atoms with E-state index in [0.717, 1.165) is 16.9 Å². The Balaban J connectivity index is 0.00000225. The first-order chi connectivity index (χ1) is 11.5. The Morgan fingerprint density at radius 3 is 2.60 bits per heavy atom. The first-order valence-corrected chi connectivity index (χ1v) is 8.58. The topological polar surface area (TPSA) is 88.3 Å². The van der Waals surface area contributed by atoms with E-state index in [-0.39, 0.29) is 40.5 Å². The summed E-state index contributed by atoms with van der Waals surface area (Å²) >= 11 is 0. The monoisotopic (exact) mass is 368 g/mol. The third-order valence-corrected chi connectivity index (χ3v) is 4.80. The minimum Gasteiger partial charge on any atom is -0.496 e. The van der Waals surface area contributed by atoms with Crippen LogP contribution in [0, 0.1) is 13.8 Å². The molecule has 7 nitrogen and oxygen atoms in total. The van der Waals surface area contributed by atoms with Gasteiger partial charge in [0, 0.05) is 28.5 Å². The molecular weight excluding hydrogens is 351 g/mol. The fourth-order valence-corrected chi connectivity index (χ4v) is 3.49. The van der Waals surface area contributed by atoms with E-state index in [1.165, 1.54) is 7.11 Å². The van der Waals surface area contributed by atoms with Crippen LogP contribution in [0.2, 0.25) is 0 Å². The van der Waals surface area contributed by atoms with Gasteiger partial charge in [0.15, 0.2) is 0 Å². The second-order valence-electron chi connectivity index (χ2n) is 5.24. The molecule has 0 amide bonds. The molecule has 0 aliphatic carbocycles. The second kappa shape index (κ2) is 8.27. The quantitative estimate of drug-likeness (QED) is 0.530. The predicted octanol–water partition coefficient (Wildman–Crippen LogP) is -1.07. The molecule has 3 heterocycles.